The first kappa shape index (κ1) is 22.3. The molecule has 10 nitrogen and oxygen atoms in total. The molecule has 1 heterocycles. The molecule has 14 heteroatoms. The average molecular weight is 493 g/mol. The van der Waals surface area contributed by atoms with Gasteiger partial charge in [0, 0.05) is 19.1 Å². The Morgan fingerprint density at radius 3 is 2.20 bits per heavy atom. The van der Waals surface area contributed by atoms with Gasteiger partial charge in [0.15, 0.2) is 0 Å². The Labute approximate surface area is 182 Å². The topological polar surface area (TPSA) is 121 Å². The summed E-state index contributed by atoms with van der Waals surface area (Å²) in [5.41, 5.74) is 0. The van der Waals surface area contributed by atoms with E-state index in [0.717, 1.165) is 10.6 Å². The molecule has 0 fully saturated rings. The normalized spacial score (nSPS) is 12.2. The van der Waals surface area contributed by atoms with Crippen LogP contribution in [-0.4, -0.2) is 49.4 Å². The summed E-state index contributed by atoms with van der Waals surface area (Å²) in [6.07, 6.45) is 0.762. The second kappa shape index (κ2) is 8.40. The number of aromatic nitrogens is 3. The van der Waals surface area contributed by atoms with Crippen molar-refractivity contribution in [2.24, 2.45) is 0 Å². The van der Waals surface area contributed by atoms with Crippen LogP contribution < -0.4 is 8.92 Å². The lowest BCUT2D eigenvalue weighted by Gasteiger charge is -2.10. The number of rotatable bonds is 7. The van der Waals surface area contributed by atoms with Crippen LogP contribution >= 0.6 is 23.2 Å². The summed E-state index contributed by atoms with van der Waals surface area (Å²) in [6.45, 7) is 0. The van der Waals surface area contributed by atoms with Crippen LogP contribution in [0.5, 0.6) is 17.2 Å². The Hall–Kier alpha value is -2.38. The van der Waals surface area contributed by atoms with Crippen LogP contribution in [0.2, 0.25) is 10.0 Å². The number of halogens is 2. The maximum Gasteiger partial charge on any atom is 0.377 e. The predicted molar refractivity (Wildman–Crippen MR) is 109 cm³/mol. The van der Waals surface area contributed by atoms with Crippen LogP contribution in [0, 0.1) is 0 Å². The van der Waals surface area contributed by atoms with E-state index in [1.54, 1.807) is 12.1 Å². The number of benzene rings is 2. The van der Waals surface area contributed by atoms with Crippen LogP contribution in [0.15, 0.2) is 53.9 Å². The Kier molecular flexibility index (Phi) is 6.24. The lowest BCUT2D eigenvalue weighted by molar-refractivity contribution is 0.469. The van der Waals surface area contributed by atoms with Crippen molar-refractivity contribution in [3.05, 3.63) is 58.8 Å². The van der Waals surface area contributed by atoms with E-state index in [0.29, 0.717) is 25.6 Å². The zero-order valence-electron chi connectivity index (χ0n) is 15.4. The highest BCUT2D eigenvalue weighted by Gasteiger charge is 2.26. The molecule has 30 heavy (non-hydrogen) atoms. The highest BCUT2D eigenvalue weighted by molar-refractivity contribution is 7.87. The van der Waals surface area contributed by atoms with Gasteiger partial charge in [0.2, 0.25) is 0 Å². The zero-order chi connectivity index (χ0) is 22.1. The van der Waals surface area contributed by atoms with E-state index < -0.39 is 25.5 Å². The number of nitrogens with zero attached hydrogens (tertiary/aromatic N) is 4. The minimum atomic E-state index is -4.46. The van der Waals surface area contributed by atoms with Crippen LogP contribution in [0.25, 0.3) is 0 Å². The van der Waals surface area contributed by atoms with Crippen molar-refractivity contribution >= 4 is 43.5 Å². The summed E-state index contributed by atoms with van der Waals surface area (Å²) < 4.78 is 60.5. The van der Waals surface area contributed by atoms with Crippen molar-refractivity contribution in [3.63, 3.8) is 0 Å². The van der Waals surface area contributed by atoms with Crippen LogP contribution in [0.4, 0.5) is 0 Å². The molecule has 3 rings (SSSR count). The largest absolute Gasteiger partial charge is 0.456 e. The number of hydrogen-bond acceptors (Lipinski definition) is 8. The molecule has 0 spiro atoms. The first-order valence-electron chi connectivity index (χ1n) is 8.01. The Morgan fingerprint density at radius 2 is 1.60 bits per heavy atom. The average Bonchev–Trinajstić information content (AvgIpc) is 3.17. The van der Waals surface area contributed by atoms with Gasteiger partial charge in [0.1, 0.15) is 23.6 Å². The molecule has 0 radical (unpaired) electrons. The lowest BCUT2D eigenvalue weighted by atomic mass is 10.3. The van der Waals surface area contributed by atoms with E-state index >= 15 is 0 Å². The maximum absolute atomic E-state index is 12.3. The lowest BCUT2D eigenvalue weighted by Crippen LogP contribution is -2.29. The van der Waals surface area contributed by atoms with E-state index in [1.165, 1.54) is 44.4 Å². The van der Waals surface area contributed by atoms with Gasteiger partial charge in [-0.2, -0.15) is 21.1 Å². The van der Waals surface area contributed by atoms with Gasteiger partial charge in [-0.1, -0.05) is 23.2 Å². The molecule has 2 aromatic carbocycles. The summed E-state index contributed by atoms with van der Waals surface area (Å²) in [6, 6.07) is 10.3. The van der Waals surface area contributed by atoms with Crippen molar-refractivity contribution in [1.82, 2.24) is 18.5 Å². The first-order chi connectivity index (χ1) is 14.0. The molecule has 0 bridgehead atoms. The Bertz CT molecular complexity index is 1280. The van der Waals surface area contributed by atoms with Gasteiger partial charge in [-0.3, -0.25) is 0 Å². The SMILES string of the molecule is CN(C)S(=O)(=O)n1cnc(S(=O)(=O)Oc2ccc(Oc3ccc(Cl)cc3Cl)cc2)n1. The third-order valence-electron chi connectivity index (χ3n) is 3.52. The van der Waals surface area contributed by atoms with Gasteiger partial charge in [0.05, 0.1) is 5.02 Å². The van der Waals surface area contributed by atoms with E-state index in [1.807, 2.05) is 0 Å². The Morgan fingerprint density at radius 1 is 0.967 bits per heavy atom. The standard InChI is InChI=1S/C16H14Cl2N4O6S2/c1-21(2)30(25,26)22-10-19-16(20-22)29(23,24)28-13-6-4-12(5-7-13)27-15-8-3-11(17)9-14(15)18/h3-10H,1-2H3. The summed E-state index contributed by atoms with van der Waals surface area (Å²) in [4.78, 5) is 3.51. The predicted octanol–water partition coefficient (Wildman–Crippen LogP) is 2.80. The monoisotopic (exact) mass is 492 g/mol. The quantitative estimate of drug-likeness (QED) is 0.461. The van der Waals surface area contributed by atoms with Gasteiger partial charge >= 0.3 is 25.5 Å². The highest BCUT2D eigenvalue weighted by Crippen LogP contribution is 2.32. The maximum atomic E-state index is 12.3. The Balaban J connectivity index is 1.75. The molecular weight excluding hydrogens is 479 g/mol. The van der Waals surface area contributed by atoms with Gasteiger partial charge in [-0.15, -0.1) is 9.19 Å². The smallest absolute Gasteiger partial charge is 0.377 e. The molecule has 0 unspecified atom stereocenters. The minimum absolute atomic E-state index is 0.0589. The third kappa shape index (κ3) is 4.84. The first-order valence-corrected chi connectivity index (χ1v) is 11.6. The van der Waals surface area contributed by atoms with Crippen LogP contribution in [-0.2, 0) is 20.3 Å². The number of hydrogen-bond donors (Lipinski definition) is 0. The summed E-state index contributed by atoms with van der Waals surface area (Å²) in [5.74, 6) is 0.666. The summed E-state index contributed by atoms with van der Waals surface area (Å²) >= 11 is 11.9. The fourth-order valence-electron chi connectivity index (χ4n) is 2.04. The second-order valence-corrected chi connectivity index (χ2v) is 10.2. The second-order valence-electron chi connectivity index (χ2n) is 5.88. The molecule has 0 amide bonds. The van der Waals surface area contributed by atoms with Crippen molar-refractivity contribution < 1.29 is 25.8 Å². The molecule has 0 aliphatic heterocycles. The molecule has 3 aromatic rings. The molecule has 0 atom stereocenters. The molecule has 160 valence electrons. The van der Waals surface area contributed by atoms with E-state index in [2.05, 4.69) is 10.1 Å². The van der Waals surface area contributed by atoms with Gasteiger partial charge in [-0.25, -0.2) is 4.98 Å². The molecule has 0 aliphatic carbocycles. The van der Waals surface area contributed by atoms with Crippen LogP contribution in [0.1, 0.15) is 0 Å². The van der Waals surface area contributed by atoms with E-state index in [9.17, 15) is 16.8 Å². The van der Waals surface area contributed by atoms with E-state index in [4.69, 9.17) is 32.1 Å². The van der Waals surface area contributed by atoms with E-state index in [-0.39, 0.29) is 5.75 Å². The molecule has 0 N–H and O–H groups in total. The van der Waals surface area contributed by atoms with Crippen molar-refractivity contribution in [2.75, 3.05) is 14.1 Å². The molecule has 1 aromatic heterocycles. The molecule has 0 saturated heterocycles. The zero-order valence-corrected chi connectivity index (χ0v) is 18.6. The minimum Gasteiger partial charge on any atom is -0.456 e. The fraction of sp³-hybridized carbons (Fsp3) is 0.125. The van der Waals surface area contributed by atoms with Crippen molar-refractivity contribution in [1.29, 1.82) is 0 Å². The van der Waals surface area contributed by atoms with Crippen molar-refractivity contribution in [2.45, 2.75) is 5.16 Å². The van der Waals surface area contributed by atoms with Crippen LogP contribution in [0.3, 0.4) is 0 Å². The third-order valence-corrected chi connectivity index (χ3v) is 6.67. The molecule has 0 saturated carbocycles. The highest BCUT2D eigenvalue weighted by atomic mass is 35.5. The number of ether oxygens (including phenoxy) is 1. The summed E-state index contributed by atoms with van der Waals surface area (Å²) in [5, 5.41) is 3.43. The van der Waals surface area contributed by atoms with Gasteiger partial charge < -0.3 is 8.92 Å². The van der Waals surface area contributed by atoms with Crippen molar-refractivity contribution in [3.8, 4) is 17.2 Å². The fourth-order valence-corrected chi connectivity index (χ4v) is 4.02. The van der Waals surface area contributed by atoms with Gasteiger partial charge in [0.25, 0.3) is 0 Å². The molecular formula is C16H14Cl2N4O6S2. The summed E-state index contributed by atoms with van der Waals surface area (Å²) in [7, 11) is -5.94. The van der Waals surface area contributed by atoms with Gasteiger partial charge in [-0.05, 0) is 42.5 Å². The molecule has 0 aliphatic rings.